The number of anilines is 1. The highest BCUT2D eigenvalue weighted by Gasteiger charge is 2.12. The van der Waals surface area contributed by atoms with Crippen LogP contribution in [0.25, 0.3) is 0 Å². The van der Waals surface area contributed by atoms with Gasteiger partial charge in [-0.25, -0.2) is 4.98 Å². The quantitative estimate of drug-likeness (QED) is 0.657. The van der Waals surface area contributed by atoms with Crippen LogP contribution in [0.4, 0.5) is 5.13 Å². The molecule has 0 atom stereocenters. The lowest BCUT2D eigenvalue weighted by Gasteiger charge is -2.14. The van der Waals surface area contributed by atoms with Crippen LogP contribution in [0.1, 0.15) is 19.5 Å². The third-order valence-corrected chi connectivity index (χ3v) is 3.79. The molecule has 6 nitrogen and oxygen atoms in total. The van der Waals surface area contributed by atoms with Crippen molar-refractivity contribution in [3.63, 3.8) is 0 Å². The van der Waals surface area contributed by atoms with E-state index >= 15 is 0 Å². The van der Waals surface area contributed by atoms with Crippen LogP contribution in [0.15, 0.2) is 5.38 Å². The fourth-order valence-electron chi connectivity index (χ4n) is 1.70. The summed E-state index contributed by atoms with van der Waals surface area (Å²) in [5.74, 6) is 0.0284. The normalized spacial score (nSPS) is 11.1. The zero-order chi connectivity index (χ0) is 15.7. The first-order valence-electron chi connectivity index (χ1n) is 7.20. The van der Waals surface area contributed by atoms with E-state index in [9.17, 15) is 4.79 Å². The SMILES string of the molecule is CCN(C(C)=O)c1nc(CNCCOCCN(C)C)cs1. The van der Waals surface area contributed by atoms with Gasteiger partial charge in [-0.3, -0.25) is 9.69 Å². The first-order valence-corrected chi connectivity index (χ1v) is 8.08. The lowest BCUT2D eigenvalue weighted by Crippen LogP contribution is -2.27. The van der Waals surface area contributed by atoms with Crippen LogP contribution in [0.2, 0.25) is 0 Å². The molecule has 7 heteroatoms. The third kappa shape index (κ3) is 6.99. The summed E-state index contributed by atoms with van der Waals surface area (Å²) in [6.07, 6.45) is 0. The van der Waals surface area contributed by atoms with E-state index in [2.05, 4.69) is 15.2 Å². The summed E-state index contributed by atoms with van der Waals surface area (Å²) < 4.78 is 5.50. The van der Waals surface area contributed by atoms with Crippen molar-refractivity contribution in [1.29, 1.82) is 0 Å². The predicted molar refractivity (Wildman–Crippen MR) is 86.9 cm³/mol. The minimum Gasteiger partial charge on any atom is -0.379 e. The third-order valence-electron chi connectivity index (χ3n) is 2.88. The summed E-state index contributed by atoms with van der Waals surface area (Å²) >= 11 is 1.50. The number of ether oxygens (including phenoxy) is 1. The van der Waals surface area contributed by atoms with Crippen LogP contribution in [-0.4, -0.2) is 62.7 Å². The molecule has 1 amide bonds. The van der Waals surface area contributed by atoms with Gasteiger partial charge < -0.3 is 15.0 Å². The zero-order valence-electron chi connectivity index (χ0n) is 13.4. The molecular formula is C14H26N4O2S. The van der Waals surface area contributed by atoms with E-state index in [1.807, 2.05) is 26.4 Å². The number of hydrogen-bond donors (Lipinski definition) is 1. The van der Waals surface area contributed by atoms with Gasteiger partial charge in [0.25, 0.3) is 0 Å². The molecule has 0 aliphatic carbocycles. The number of carbonyl (C=O) groups excluding carboxylic acids is 1. The summed E-state index contributed by atoms with van der Waals surface area (Å²) in [7, 11) is 4.06. The second-order valence-electron chi connectivity index (χ2n) is 4.98. The number of nitrogens with zero attached hydrogens (tertiary/aromatic N) is 3. The van der Waals surface area contributed by atoms with E-state index in [4.69, 9.17) is 4.74 Å². The summed E-state index contributed by atoms with van der Waals surface area (Å²) in [4.78, 5) is 19.7. The average molecular weight is 314 g/mol. The van der Waals surface area contributed by atoms with Crippen molar-refractivity contribution in [3.05, 3.63) is 11.1 Å². The summed E-state index contributed by atoms with van der Waals surface area (Å²) in [6.45, 7) is 8.04. The van der Waals surface area contributed by atoms with E-state index in [0.717, 1.165) is 30.5 Å². The van der Waals surface area contributed by atoms with E-state index in [1.54, 1.807) is 11.8 Å². The molecule has 0 aromatic carbocycles. The van der Waals surface area contributed by atoms with Gasteiger partial charge in [0.2, 0.25) is 5.91 Å². The Labute approximate surface area is 131 Å². The van der Waals surface area contributed by atoms with Gasteiger partial charge in [-0.05, 0) is 21.0 Å². The van der Waals surface area contributed by atoms with Crippen LogP contribution in [0, 0.1) is 0 Å². The number of aromatic nitrogens is 1. The molecule has 120 valence electrons. The molecule has 0 saturated heterocycles. The van der Waals surface area contributed by atoms with Crippen molar-refractivity contribution in [2.75, 3.05) is 51.8 Å². The minimum absolute atomic E-state index is 0.0284. The number of thiazole rings is 1. The maximum Gasteiger partial charge on any atom is 0.225 e. The predicted octanol–water partition coefficient (Wildman–Crippen LogP) is 1.18. The van der Waals surface area contributed by atoms with Crippen LogP contribution in [0.5, 0.6) is 0 Å². The Kier molecular flexibility index (Phi) is 8.44. The second-order valence-corrected chi connectivity index (χ2v) is 5.81. The van der Waals surface area contributed by atoms with E-state index < -0.39 is 0 Å². The summed E-state index contributed by atoms with van der Waals surface area (Å²) in [5, 5.41) is 6.05. The largest absolute Gasteiger partial charge is 0.379 e. The van der Waals surface area contributed by atoms with Crippen molar-refractivity contribution in [3.8, 4) is 0 Å². The fraction of sp³-hybridized carbons (Fsp3) is 0.714. The Balaban J connectivity index is 2.21. The number of amides is 1. The van der Waals surface area contributed by atoms with Crippen molar-refractivity contribution in [2.24, 2.45) is 0 Å². The smallest absolute Gasteiger partial charge is 0.225 e. The molecule has 0 spiro atoms. The van der Waals surface area contributed by atoms with Crippen LogP contribution < -0.4 is 10.2 Å². The maximum atomic E-state index is 11.5. The molecular weight excluding hydrogens is 288 g/mol. The van der Waals surface area contributed by atoms with Gasteiger partial charge in [-0.1, -0.05) is 0 Å². The number of hydrogen-bond acceptors (Lipinski definition) is 6. The van der Waals surface area contributed by atoms with E-state index in [0.29, 0.717) is 19.7 Å². The highest BCUT2D eigenvalue weighted by Crippen LogP contribution is 2.20. The Morgan fingerprint density at radius 2 is 2.19 bits per heavy atom. The summed E-state index contributed by atoms with van der Waals surface area (Å²) in [5.41, 5.74) is 0.961. The van der Waals surface area contributed by atoms with Gasteiger partial charge >= 0.3 is 0 Å². The Hall–Kier alpha value is -1.02. The molecule has 0 unspecified atom stereocenters. The van der Waals surface area contributed by atoms with Gasteiger partial charge in [0.1, 0.15) is 0 Å². The van der Waals surface area contributed by atoms with Gasteiger partial charge in [-0.15, -0.1) is 11.3 Å². The topological polar surface area (TPSA) is 57.7 Å². The molecule has 1 aromatic heterocycles. The molecule has 1 rings (SSSR count). The highest BCUT2D eigenvalue weighted by atomic mass is 32.1. The van der Waals surface area contributed by atoms with Crippen LogP contribution >= 0.6 is 11.3 Å². The van der Waals surface area contributed by atoms with Gasteiger partial charge in [0.05, 0.1) is 18.9 Å². The van der Waals surface area contributed by atoms with Crippen molar-refractivity contribution in [2.45, 2.75) is 20.4 Å². The highest BCUT2D eigenvalue weighted by molar-refractivity contribution is 7.14. The number of carbonyl (C=O) groups is 1. The Morgan fingerprint density at radius 1 is 1.43 bits per heavy atom. The molecule has 1 heterocycles. The lowest BCUT2D eigenvalue weighted by atomic mass is 10.5. The second kappa shape index (κ2) is 9.83. The molecule has 1 aromatic rings. The molecule has 0 bridgehead atoms. The van der Waals surface area contributed by atoms with Crippen molar-refractivity contribution in [1.82, 2.24) is 15.2 Å². The standard InChI is InChI=1S/C14H26N4O2S/c1-5-18(12(2)19)14-16-13(11-21-14)10-15-6-8-20-9-7-17(3)4/h11,15H,5-10H2,1-4H3. The molecule has 0 fully saturated rings. The molecule has 0 saturated carbocycles. The van der Waals surface area contributed by atoms with Gasteiger partial charge in [0, 0.05) is 38.5 Å². The van der Waals surface area contributed by atoms with Crippen LogP contribution in [-0.2, 0) is 16.1 Å². The molecule has 0 aliphatic heterocycles. The molecule has 0 aliphatic rings. The monoisotopic (exact) mass is 314 g/mol. The van der Waals surface area contributed by atoms with Crippen molar-refractivity contribution < 1.29 is 9.53 Å². The summed E-state index contributed by atoms with van der Waals surface area (Å²) in [6, 6.07) is 0. The first-order chi connectivity index (χ1) is 10.0. The van der Waals surface area contributed by atoms with E-state index in [1.165, 1.54) is 11.3 Å². The number of nitrogens with one attached hydrogen (secondary N) is 1. The molecule has 21 heavy (non-hydrogen) atoms. The van der Waals surface area contributed by atoms with Gasteiger partial charge in [-0.2, -0.15) is 0 Å². The Morgan fingerprint density at radius 3 is 2.81 bits per heavy atom. The number of rotatable bonds is 10. The average Bonchev–Trinajstić information content (AvgIpc) is 2.86. The number of likely N-dealkylation sites (N-methyl/N-ethyl adjacent to an activating group) is 1. The first kappa shape index (κ1) is 18.0. The fourth-order valence-corrected chi connectivity index (χ4v) is 2.64. The van der Waals surface area contributed by atoms with Crippen molar-refractivity contribution >= 4 is 22.4 Å². The maximum absolute atomic E-state index is 11.5. The van der Waals surface area contributed by atoms with Crippen LogP contribution in [0.3, 0.4) is 0 Å². The van der Waals surface area contributed by atoms with Gasteiger partial charge in [0.15, 0.2) is 5.13 Å². The minimum atomic E-state index is 0.0284. The molecule has 0 radical (unpaired) electrons. The molecule has 1 N–H and O–H groups in total. The lowest BCUT2D eigenvalue weighted by molar-refractivity contribution is -0.116. The Bertz CT molecular complexity index is 423. The van der Waals surface area contributed by atoms with E-state index in [-0.39, 0.29) is 5.91 Å². The zero-order valence-corrected chi connectivity index (χ0v) is 14.2.